The van der Waals surface area contributed by atoms with Gasteiger partial charge < -0.3 is 10.6 Å². The number of halogens is 1. The van der Waals surface area contributed by atoms with Crippen molar-refractivity contribution in [2.45, 2.75) is 19.6 Å². The number of aliphatic imine (C=N–C) groups is 1. The van der Waals surface area contributed by atoms with E-state index in [0.717, 1.165) is 11.5 Å². The predicted molar refractivity (Wildman–Crippen MR) is 87.4 cm³/mol. The lowest BCUT2D eigenvalue weighted by Crippen LogP contribution is -2.35. The van der Waals surface area contributed by atoms with Gasteiger partial charge in [-0.1, -0.05) is 43.2 Å². The normalized spacial score (nSPS) is 15.1. The van der Waals surface area contributed by atoms with Crippen LogP contribution >= 0.6 is 11.6 Å². The summed E-state index contributed by atoms with van der Waals surface area (Å²) in [5.74, 6) is 4.38. The molecule has 0 aromatic carbocycles. The zero-order valence-corrected chi connectivity index (χ0v) is 13.6. The second-order valence-electron chi connectivity index (χ2n) is 5.54. The molecule has 0 radical (unpaired) electrons. The van der Waals surface area contributed by atoms with Gasteiger partial charge in [0.05, 0.1) is 12.7 Å². The van der Waals surface area contributed by atoms with Gasteiger partial charge in [-0.15, -0.1) is 5.54 Å². The zero-order valence-electron chi connectivity index (χ0n) is 11.8. The molecule has 0 bridgehead atoms. The van der Waals surface area contributed by atoms with Crippen LogP contribution in [-0.4, -0.2) is 25.4 Å². The van der Waals surface area contributed by atoms with Crippen LogP contribution < -0.4 is 10.6 Å². The average Bonchev–Trinajstić information content (AvgIpc) is 2.39. The van der Waals surface area contributed by atoms with Gasteiger partial charge in [0.2, 0.25) is 0 Å². The predicted octanol–water partition coefficient (Wildman–Crippen LogP) is 2.53. The van der Waals surface area contributed by atoms with Crippen LogP contribution in [0.1, 0.15) is 5.69 Å². The van der Waals surface area contributed by atoms with Gasteiger partial charge in [-0.2, -0.15) is 0 Å². The Hall–Kier alpha value is -1.77. The van der Waals surface area contributed by atoms with Gasteiger partial charge in [0.25, 0.3) is 0 Å². The maximum atomic E-state index is 6.14. The molecule has 2 N–H and O–H groups in total. The average molecular weight is 305 g/mol. The maximum Gasteiger partial charge on any atom is 0.135 e. The van der Waals surface area contributed by atoms with E-state index in [1.807, 2.05) is 23.1 Å². The topological polar surface area (TPSA) is 54.5 Å². The number of rotatable bonds is 1. The monoisotopic (exact) mass is 304 g/mol. The number of hydrogen-bond donors (Lipinski definition) is 1. The van der Waals surface area contributed by atoms with Gasteiger partial charge in [0.1, 0.15) is 30.6 Å². The van der Waals surface area contributed by atoms with Crippen molar-refractivity contribution in [3.63, 3.8) is 0 Å². The molecule has 0 unspecified atom stereocenters. The zero-order chi connectivity index (χ0) is 14.8. The Bertz CT molecular complexity index is 635. The number of amidine groups is 1. The molecule has 2 rings (SSSR count). The molecule has 1 aliphatic heterocycles. The third kappa shape index (κ3) is 3.86. The molecule has 2 heterocycles. The number of hydrogen-bond acceptors (Lipinski definition) is 4. The van der Waals surface area contributed by atoms with Crippen LogP contribution in [-0.2, 0) is 0 Å². The standard InChI is InChI=1S/C14H17ClN4Si/c1-20(2,3)8-7-11-5-4-6-14(18-11)19-10-13(16)17-9-12(19)15/h4-6,9H,10H2,1-3H3,(H2,16,17). The summed E-state index contributed by atoms with van der Waals surface area (Å²) in [7, 11) is -1.41. The molecule has 1 aromatic rings. The number of aromatic nitrogens is 1. The molecule has 104 valence electrons. The largest absolute Gasteiger partial charge is 0.386 e. The first-order chi connectivity index (χ1) is 9.35. The SMILES string of the molecule is C[Si](C)(C)C#Cc1cccc(N2CC(N)=NC=C2Cl)n1. The van der Waals surface area contributed by atoms with Gasteiger partial charge >= 0.3 is 0 Å². The van der Waals surface area contributed by atoms with Crippen molar-refractivity contribution in [2.24, 2.45) is 10.7 Å². The molecule has 0 saturated carbocycles. The molecular weight excluding hydrogens is 288 g/mol. The van der Waals surface area contributed by atoms with Crippen molar-refractivity contribution in [1.82, 2.24) is 4.98 Å². The van der Waals surface area contributed by atoms with E-state index in [4.69, 9.17) is 17.3 Å². The van der Waals surface area contributed by atoms with Gasteiger partial charge in [-0.25, -0.2) is 9.98 Å². The summed E-state index contributed by atoms with van der Waals surface area (Å²) in [5, 5.41) is 0.502. The number of nitrogens with zero attached hydrogens (tertiary/aromatic N) is 3. The van der Waals surface area contributed by atoms with Gasteiger partial charge in [0.15, 0.2) is 0 Å². The van der Waals surface area contributed by atoms with Crippen molar-refractivity contribution < 1.29 is 0 Å². The highest BCUT2D eigenvalue weighted by atomic mass is 35.5. The van der Waals surface area contributed by atoms with Crippen molar-refractivity contribution in [1.29, 1.82) is 0 Å². The molecule has 0 amide bonds. The minimum atomic E-state index is -1.41. The first kappa shape index (κ1) is 14.6. The Balaban J connectivity index is 2.29. The quantitative estimate of drug-likeness (QED) is 0.493. The lowest BCUT2D eigenvalue weighted by molar-refractivity contribution is 1.01. The van der Waals surface area contributed by atoms with Crippen LogP contribution in [0.2, 0.25) is 19.6 Å². The fraction of sp³-hybridized carbons (Fsp3) is 0.286. The molecule has 0 spiro atoms. The second-order valence-corrected chi connectivity index (χ2v) is 10.7. The van der Waals surface area contributed by atoms with E-state index in [1.165, 1.54) is 6.20 Å². The smallest absolute Gasteiger partial charge is 0.135 e. The molecule has 6 heteroatoms. The Kier molecular flexibility index (Phi) is 4.17. The Morgan fingerprint density at radius 3 is 2.80 bits per heavy atom. The van der Waals surface area contributed by atoms with E-state index in [9.17, 15) is 0 Å². The summed E-state index contributed by atoms with van der Waals surface area (Å²) in [4.78, 5) is 10.3. The highest BCUT2D eigenvalue weighted by Crippen LogP contribution is 2.21. The van der Waals surface area contributed by atoms with E-state index < -0.39 is 8.07 Å². The van der Waals surface area contributed by atoms with Crippen molar-refractivity contribution in [2.75, 3.05) is 11.4 Å². The van der Waals surface area contributed by atoms with E-state index >= 15 is 0 Å². The van der Waals surface area contributed by atoms with Crippen LogP contribution in [0.4, 0.5) is 5.82 Å². The lowest BCUT2D eigenvalue weighted by atomic mass is 10.3. The Labute approximate surface area is 125 Å². The molecule has 0 saturated heterocycles. The summed E-state index contributed by atoms with van der Waals surface area (Å²) in [6, 6.07) is 5.70. The van der Waals surface area contributed by atoms with Crippen LogP contribution in [0.5, 0.6) is 0 Å². The fourth-order valence-electron chi connectivity index (χ4n) is 1.57. The van der Waals surface area contributed by atoms with E-state index in [1.54, 1.807) is 0 Å². The number of anilines is 1. The molecule has 4 nitrogen and oxygen atoms in total. The number of pyridine rings is 1. The lowest BCUT2D eigenvalue weighted by Gasteiger charge is -2.24. The first-order valence-corrected chi connectivity index (χ1v) is 10.2. The number of nitrogens with two attached hydrogens (primary N) is 1. The van der Waals surface area contributed by atoms with Crippen LogP contribution in [0, 0.1) is 11.5 Å². The van der Waals surface area contributed by atoms with E-state index in [2.05, 4.69) is 41.1 Å². The third-order valence-electron chi connectivity index (χ3n) is 2.49. The van der Waals surface area contributed by atoms with Crippen molar-refractivity contribution in [3.8, 4) is 11.5 Å². The highest BCUT2D eigenvalue weighted by molar-refractivity contribution is 6.83. The minimum Gasteiger partial charge on any atom is -0.386 e. The van der Waals surface area contributed by atoms with Gasteiger partial charge in [0, 0.05) is 0 Å². The molecule has 1 aromatic heterocycles. The fourth-order valence-corrected chi connectivity index (χ4v) is 2.27. The molecule has 0 atom stereocenters. The third-order valence-corrected chi connectivity index (χ3v) is 3.67. The van der Waals surface area contributed by atoms with Crippen molar-refractivity contribution in [3.05, 3.63) is 35.2 Å². The molecular formula is C14H17ClN4Si. The summed E-state index contributed by atoms with van der Waals surface area (Å²) in [6.07, 6.45) is 1.53. The Morgan fingerprint density at radius 2 is 2.10 bits per heavy atom. The van der Waals surface area contributed by atoms with Crippen molar-refractivity contribution >= 4 is 31.3 Å². The van der Waals surface area contributed by atoms with E-state index in [-0.39, 0.29) is 0 Å². The maximum absolute atomic E-state index is 6.14. The second kappa shape index (κ2) is 5.69. The summed E-state index contributed by atoms with van der Waals surface area (Å²) in [6.45, 7) is 7.04. The van der Waals surface area contributed by atoms with Gasteiger partial charge in [-0.3, -0.25) is 0 Å². The Morgan fingerprint density at radius 1 is 1.35 bits per heavy atom. The summed E-state index contributed by atoms with van der Waals surface area (Å²) in [5.41, 5.74) is 9.78. The molecule has 1 aliphatic rings. The minimum absolute atomic E-state index is 0.438. The van der Waals surface area contributed by atoms with E-state index in [0.29, 0.717) is 17.5 Å². The van der Waals surface area contributed by atoms with Crippen LogP contribution in [0.3, 0.4) is 0 Å². The first-order valence-electron chi connectivity index (χ1n) is 6.31. The summed E-state index contributed by atoms with van der Waals surface area (Å²) >= 11 is 6.14. The molecule has 0 fully saturated rings. The molecule has 20 heavy (non-hydrogen) atoms. The van der Waals surface area contributed by atoms with Crippen LogP contribution in [0.25, 0.3) is 0 Å². The van der Waals surface area contributed by atoms with Crippen LogP contribution in [0.15, 0.2) is 34.5 Å². The summed E-state index contributed by atoms with van der Waals surface area (Å²) < 4.78 is 0. The molecule has 0 aliphatic carbocycles. The van der Waals surface area contributed by atoms with Gasteiger partial charge in [-0.05, 0) is 12.1 Å². The highest BCUT2D eigenvalue weighted by Gasteiger charge is 2.16.